The van der Waals surface area contributed by atoms with Crippen molar-refractivity contribution in [3.05, 3.63) is 0 Å². The van der Waals surface area contributed by atoms with Crippen LogP contribution in [0.2, 0.25) is 0 Å². The molecule has 6 heavy (non-hydrogen) atoms. The predicted octanol–water partition coefficient (Wildman–Crippen LogP) is -0.920. The minimum atomic E-state index is -0.875. The van der Waals surface area contributed by atoms with Gasteiger partial charge in [0.1, 0.15) is 13.3 Å². The van der Waals surface area contributed by atoms with Crippen molar-refractivity contribution in [2.75, 3.05) is 7.05 Å². The highest BCUT2D eigenvalue weighted by molar-refractivity contribution is 6.69. The van der Waals surface area contributed by atoms with E-state index in [9.17, 15) is 4.79 Å². The number of hydrogen-bond donors (Lipinski definition) is 2. The second-order valence-electron chi connectivity index (χ2n) is 1.27. The number of carboxylic acid groups (broad SMARTS) is 1. The number of carbonyl (C=O) groups is 1. The molecule has 36 valence electrons. The van der Waals surface area contributed by atoms with Crippen LogP contribution in [0.1, 0.15) is 1.43 Å². The summed E-state index contributed by atoms with van der Waals surface area (Å²) in [7, 11) is 0.772. The highest BCUT2D eigenvalue weighted by Gasteiger charge is 1.77. The molecule has 0 spiro atoms. The maximum atomic E-state index is 9.59. The first-order valence-electron chi connectivity index (χ1n) is 1.93. The summed E-state index contributed by atoms with van der Waals surface area (Å²) in [6, 6.07) is 0. The molecule has 0 amide bonds. The van der Waals surface area contributed by atoms with Crippen molar-refractivity contribution in [3.8, 4) is 0 Å². The molecule has 0 aromatic carbocycles. The first kappa shape index (κ1) is 5.49. The third kappa shape index (κ3) is 3.49. The zero-order valence-corrected chi connectivity index (χ0v) is 3.86. The SMILES string of the molecule is CN[BH2-]C(=O)O.[H+]. The topological polar surface area (TPSA) is 49.3 Å². The molecule has 0 aliphatic carbocycles. The Morgan fingerprint density at radius 3 is 2.67 bits per heavy atom. The van der Waals surface area contributed by atoms with Crippen molar-refractivity contribution in [1.82, 2.24) is 5.23 Å². The molecule has 0 unspecified atom stereocenters. The van der Waals surface area contributed by atoms with E-state index >= 15 is 0 Å². The van der Waals surface area contributed by atoms with E-state index in [0.717, 1.165) is 0 Å². The first-order valence-corrected chi connectivity index (χ1v) is 1.93. The van der Waals surface area contributed by atoms with Crippen LogP contribution in [0.5, 0.6) is 0 Å². The molecule has 0 aromatic rings. The maximum Gasteiger partial charge on any atom is 1.00 e. The van der Waals surface area contributed by atoms with E-state index in [1.54, 1.807) is 7.05 Å². The molecule has 0 saturated carbocycles. The van der Waals surface area contributed by atoms with Gasteiger partial charge < -0.3 is 15.1 Å². The quantitative estimate of drug-likeness (QED) is 0.430. The molecule has 0 saturated heterocycles. The van der Waals surface area contributed by atoms with Crippen molar-refractivity contribution < 1.29 is 11.3 Å². The van der Waals surface area contributed by atoms with Gasteiger partial charge in [0, 0.05) is 0 Å². The molecule has 0 atom stereocenters. The van der Waals surface area contributed by atoms with E-state index in [4.69, 9.17) is 5.11 Å². The molecule has 0 radical (unpaired) electrons. The first-order chi connectivity index (χ1) is 2.77. The van der Waals surface area contributed by atoms with Crippen molar-refractivity contribution in [2.24, 2.45) is 0 Å². The van der Waals surface area contributed by atoms with Crippen LogP contribution in [0, 0.1) is 0 Å². The summed E-state index contributed by atoms with van der Waals surface area (Å²) in [5.41, 5.74) is 0. The Hall–Kier alpha value is -0.505. The summed E-state index contributed by atoms with van der Waals surface area (Å²) in [5.74, 6) is -0.697. The van der Waals surface area contributed by atoms with E-state index in [1.807, 2.05) is 0 Å². The zero-order valence-electron chi connectivity index (χ0n) is 4.86. The third-order valence-electron chi connectivity index (χ3n) is 0.464. The lowest BCUT2D eigenvalue weighted by Gasteiger charge is -1.92. The molecule has 0 rings (SSSR count). The van der Waals surface area contributed by atoms with Gasteiger partial charge in [0.2, 0.25) is 0 Å². The highest BCUT2D eigenvalue weighted by Crippen LogP contribution is 1.53. The fourth-order valence-corrected chi connectivity index (χ4v) is 0.214. The summed E-state index contributed by atoms with van der Waals surface area (Å²) in [4.78, 5) is 9.59. The van der Waals surface area contributed by atoms with Gasteiger partial charge in [-0.15, -0.1) is 0 Å². The minimum Gasteiger partial charge on any atom is -0.514 e. The highest BCUT2D eigenvalue weighted by atomic mass is 16.4. The van der Waals surface area contributed by atoms with E-state index in [1.165, 1.54) is 0 Å². The Balaban J connectivity index is 0. The Kier molecular flexibility index (Phi) is 2.49. The molecule has 3 nitrogen and oxygen atoms in total. The van der Waals surface area contributed by atoms with Gasteiger partial charge in [-0.25, -0.2) is 0 Å². The van der Waals surface area contributed by atoms with Crippen LogP contribution in [0.3, 0.4) is 0 Å². The van der Waals surface area contributed by atoms with Gasteiger partial charge in [-0.1, -0.05) is 7.05 Å². The minimum absolute atomic E-state index is 0. The van der Waals surface area contributed by atoms with E-state index < -0.39 is 13.3 Å². The van der Waals surface area contributed by atoms with E-state index in [0.29, 0.717) is 0 Å². The number of nitrogens with one attached hydrogen (secondary N) is 1. The van der Waals surface area contributed by atoms with Crippen LogP contribution in [0.15, 0.2) is 0 Å². The molecule has 4 heteroatoms. The summed E-state index contributed by atoms with van der Waals surface area (Å²) >= 11 is 0. The molecule has 0 aliphatic heterocycles. The summed E-state index contributed by atoms with van der Waals surface area (Å²) < 4.78 is 0. The van der Waals surface area contributed by atoms with Gasteiger partial charge in [0.05, 0.1) is 0 Å². The average molecular weight is 88.9 g/mol. The van der Waals surface area contributed by atoms with E-state index in [-0.39, 0.29) is 1.43 Å². The molecule has 0 heterocycles. The molecular formula is C2H8BNO2. The van der Waals surface area contributed by atoms with Crippen LogP contribution < -0.4 is 5.23 Å². The molecule has 0 fully saturated rings. The van der Waals surface area contributed by atoms with Gasteiger partial charge in [-0.05, 0) is 0 Å². The van der Waals surface area contributed by atoms with Crippen LogP contribution in [-0.2, 0) is 0 Å². The lowest BCUT2D eigenvalue weighted by atomic mass is 9.97. The van der Waals surface area contributed by atoms with Gasteiger partial charge in [-0.2, -0.15) is 0 Å². The van der Waals surface area contributed by atoms with Crippen molar-refractivity contribution in [1.29, 1.82) is 0 Å². The number of hydrogen-bond acceptors (Lipinski definition) is 2. The smallest absolute Gasteiger partial charge is 0.514 e. The van der Waals surface area contributed by atoms with Crippen molar-refractivity contribution >= 4 is 13.3 Å². The Bertz CT molecular complexity index is 59.7. The molecular weight excluding hydrogens is 80.8 g/mol. The lowest BCUT2D eigenvalue weighted by Crippen LogP contribution is -2.20. The van der Waals surface area contributed by atoms with Crippen LogP contribution in [0.25, 0.3) is 0 Å². The second kappa shape index (κ2) is 2.72. The molecule has 2 N–H and O–H groups in total. The largest absolute Gasteiger partial charge is 1.00 e. The molecule has 0 aliphatic rings. The maximum absolute atomic E-state index is 9.59. The Morgan fingerprint density at radius 2 is 2.67 bits per heavy atom. The fraction of sp³-hybridized carbons (Fsp3) is 0.500. The standard InChI is InChI=1S/C2H7BNO2/c1-4-3-2(5)6/h4H,3H2,1H3,(H,5,6)/q-1/p+1. The van der Waals surface area contributed by atoms with Gasteiger partial charge in [0.25, 0.3) is 0 Å². The normalized spacial score (nSPS) is 8.17. The van der Waals surface area contributed by atoms with Crippen LogP contribution in [0.4, 0.5) is 4.79 Å². The van der Waals surface area contributed by atoms with E-state index in [2.05, 4.69) is 5.23 Å². The fourth-order valence-electron chi connectivity index (χ4n) is 0.214. The Labute approximate surface area is 38.1 Å². The predicted molar refractivity (Wildman–Crippen MR) is 26.7 cm³/mol. The third-order valence-corrected chi connectivity index (χ3v) is 0.464. The van der Waals surface area contributed by atoms with Crippen LogP contribution >= 0.6 is 0 Å². The zero-order chi connectivity index (χ0) is 4.99. The van der Waals surface area contributed by atoms with Crippen molar-refractivity contribution in [3.63, 3.8) is 0 Å². The monoisotopic (exact) mass is 89.1 g/mol. The second-order valence-corrected chi connectivity index (χ2v) is 1.27. The molecule has 0 aromatic heterocycles. The Morgan fingerprint density at radius 1 is 2.17 bits per heavy atom. The van der Waals surface area contributed by atoms with Gasteiger partial charge >= 0.3 is 1.43 Å². The number of rotatable bonds is 2. The lowest BCUT2D eigenvalue weighted by molar-refractivity contribution is 0.219. The van der Waals surface area contributed by atoms with Crippen molar-refractivity contribution in [2.45, 2.75) is 0 Å². The van der Waals surface area contributed by atoms with Crippen LogP contribution in [-0.4, -0.2) is 25.4 Å². The van der Waals surface area contributed by atoms with Gasteiger partial charge in [-0.3, -0.25) is 0 Å². The molecule has 0 bridgehead atoms. The summed E-state index contributed by atoms with van der Waals surface area (Å²) in [6.07, 6.45) is 0. The van der Waals surface area contributed by atoms with Gasteiger partial charge in [0.15, 0.2) is 0 Å². The summed E-state index contributed by atoms with van der Waals surface area (Å²) in [5, 5.41) is 10.5. The average Bonchev–Trinajstić information content (AvgIpc) is 1.35. The summed E-state index contributed by atoms with van der Waals surface area (Å²) in [6.45, 7) is 0.